The van der Waals surface area contributed by atoms with Crippen LogP contribution < -0.4 is 0 Å². The quantitative estimate of drug-likeness (QED) is 0.216. The van der Waals surface area contributed by atoms with E-state index >= 15 is 0 Å². The molecule has 0 spiro atoms. The van der Waals surface area contributed by atoms with Crippen molar-refractivity contribution in [1.82, 2.24) is 14.8 Å². The second kappa shape index (κ2) is 10.4. The molecule has 4 aromatic rings. The zero-order valence-electron chi connectivity index (χ0n) is 20.1. The number of aromatic nitrogens is 3. The Kier molecular flexibility index (Phi) is 7.24. The fourth-order valence-corrected chi connectivity index (χ4v) is 6.21. The van der Waals surface area contributed by atoms with E-state index in [4.69, 9.17) is 16.6 Å². The van der Waals surface area contributed by atoms with Crippen molar-refractivity contribution in [2.75, 3.05) is 5.33 Å². The molecule has 0 saturated carbocycles. The van der Waals surface area contributed by atoms with Crippen LogP contribution in [0.5, 0.6) is 0 Å². The Morgan fingerprint density at radius 1 is 1.03 bits per heavy atom. The number of alkyl halides is 1. The predicted octanol–water partition coefficient (Wildman–Crippen LogP) is 7.56. The molecule has 0 bridgehead atoms. The molecule has 3 heterocycles. The monoisotopic (exact) mass is 566 g/mol. The highest BCUT2D eigenvalue weighted by atomic mass is 79.9. The van der Waals surface area contributed by atoms with Crippen LogP contribution >= 0.6 is 38.9 Å². The van der Waals surface area contributed by atoms with E-state index in [2.05, 4.69) is 74.9 Å². The third-order valence-electron chi connectivity index (χ3n) is 6.43. The second-order valence-electron chi connectivity index (χ2n) is 9.29. The van der Waals surface area contributed by atoms with E-state index < -0.39 is 0 Å². The van der Waals surface area contributed by atoms with Crippen LogP contribution in [0.15, 0.2) is 59.6 Å². The van der Waals surface area contributed by atoms with Gasteiger partial charge in [0.1, 0.15) is 16.9 Å². The molecule has 0 saturated heterocycles. The summed E-state index contributed by atoms with van der Waals surface area (Å²) in [5, 5.41) is 11.7. The molecule has 2 unspecified atom stereocenters. The van der Waals surface area contributed by atoms with Gasteiger partial charge >= 0.3 is 0 Å². The van der Waals surface area contributed by atoms with Crippen molar-refractivity contribution in [3.05, 3.63) is 98.4 Å². The maximum atomic E-state index is 6.63. The average Bonchev–Trinajstić information content (AvgIpc) is 3.42. The fourth-order valence-electron chi connectivity index (χ4n) is 4.55. The highest BCUT2D eigenvalue weighted by Gasteiger charge is 2.28. The van der Waals surface area contributed by atoms with E-state index in [-0.39, 0.29) is 6.04 Å². The first-order valence-corrected chi connectivity index (χ1v) is 14.3. The summed E-state index contributed by atoms with van der Waals surface area (Å²) in [4.78, 5) is 6.41. The number of hydrogen-bond acceptors (Lipinski definition) is 4. The molecular formula is C28H28BrClN4S. The zero-order valence-corrected chi connectivity index (χ0v) is 23.3. The number of aliphatic imine (C=N–C) groups is 1. The molecule has 0 radical (unpaired) electrons. The molecular weight excluding hydrogens is 540 g/mol. The van der Waals surface area contributed by atoms with Gasteiger partial charge < -0.3 is 0 Å². The van der Waals surface area contributed by atoms with Crippen LogP contribution in [0.4, 0.5) is 0 Å². The van der Waals surface area contributed by atoms with Crippen molar-refractivity contribution in [2.24, 2.45) is 10.9 Å². The molecule has 7 heteroatoms. The van der Waals surface area contributed by atoms with Gasteiger partial charge in [0.15, 0.2) is 5.82 Å². The molecule has 0 N–H and O–H groups in total. The molecule has 0 aliphatic carbocycles. The van der Waals surface area contributed by atoms with Gasteiger partial charge in [-0.05, 0) is 62.3 Å². The number of aryl methyl sites for hydroxylation is 3. The van der Waals surface area contributed by atoms with E-state index in [9.17, 15) is 0 Å². The Labute approximate surface area is 224 Å². The lowest BCUT2D eigenvalue weighted by molar-refractivity contribution is 0.663. The number of rotatable bonds is 7. The van der Waals surface area contributed by atoms with Crippen LogP contribution in [0.2, 0.25) is 5.02 Å². The predicted molar refractivity (Wildman–Crippen MR) is 150 cm³/mol. The lowest BCUT2D eigenvalue weighted by Crippen LogP contribution is -2.05. The standard InChI is InChI=1S/C28H28BrClN4S/c1-17(16-29)14-21-10-8-20(9-11-21)12-13-22-15-24-26(23-6-4-5-7-25(23)30)31-18(2)27-33-32-19(3)34(27)28(24)35-22/h4-11,15,17-18H,12-14,16H2,1-3H3. The van der Waals surface area contributed by atoms with Crippen LogP contribution in [0.3, 0.4) is 0 Å². The minimum atomic E-state index is -0.115. The maximum Gasteiger partial charge on any atom is 0.162 e. The summed E-state index contributed by atoms with van der Waals surface area (Å²) in [6, 6.07) is 19.2. The molecule has 5 rings (SSSR count). The molecule has 4 nitrogen and oxygen atoms in total. The molecule has 1 aliphatic heterocycles. The van der Waals surface area contributed by atoms with Crippen LogP contribution in [0.25, 0.3) is 5.00 Å². The summed E-state index contributed by atoms with van der Waals surface area (Å²) in [7, 11) is 0. The van der Waals surface area contributed by atoms with Crippen molar-refractivity contribution in [1.29, 1.82) is 0 Å². The first-order chi connectivity index (χ1) is 16.9. The minimum Gasteiger partial charge on any atom is -0.273 e. The summed E-state index contributed by atoms with van der Waals surface area (Å²) in [5.41, 5.74) is 5.74. The third-order valence-corrected chi connectivity index (χ3v) is 9.04. The van der Waals surface area contributed by atoms with Gasteiger partial charge in [-0.15, -0.1) is 21.5 Å². The van der Waals surface area contributed by atoms with E-state index in [1.807, 2.05) is 31.2 Å². The lowest BCUT2D eigenvalue weighted by atomic mass is 10.00. The normalized spacial score (nSPS) is 15.8. The van der Waals surface area contributed by atoms with Crippen molar-refractivity contribution < 1.29 is 0 Å². The minimum absolute atomic E-state index is 0.115. The smallest absolute Gasteiger partial charge is 0.162 e. The first-order valence-electron chi connectivity index (χ1n) is 12.0. The number of benzene rings is 2. The van der Waals surface area contributed by atoms with E-state index in [0.29, 0.717) is 10.9 Å². The van der Waals surface area contributed by atoms with Crippen LogP contribution in [-0.4, -0.2) is 25.8 Å². The van der Waals surface area contributed by atoms with Crippen molar-refractivity contribution in [3.63, 3.8) is 0 Å². The number of halogens is 2. The Balaban J connectivity index is 1.47. The number of fused-ring (bicyclic) bond motifs is 3. The molecule has 2 atom stereocenters. The Bertz CT molecular complexity index is 1370. The maximum absolute atomic E-state index is 6.63. The topological polar surface area (TPSA) is 43.1 Å². The molecule has 2 aromatic heterocycles. The van der Waals surface area contributed by atoms with Gasteiger partial charge in [0, 0.05) is 26.4 Å². The fraction of sp³-hybridized carbons (Fsp3) is 0.321. The van der Waals surface area contributed by atoms with Gasteiger partial charge in [-0.1, -0.05) is 76.9 Å². The Morgan fingerprint density at radius 3 is 2.51 bits per heavy atom. The zero-order chi connectivity index (χ0) is 24.5. The molecule has 0 amide bonds. The summed E-state index contributed by atoms with van der Waals surface area (Å²) in [6.07, 6.45) is 3.07. The molecule has 180 valence electrons. The lowest BCUT2D eigenvalue weighted by Gasteiger charge is -2.09. The van der Waals surface area contributed by atoms with Gasteiger partial charge in [-0.25, -0.2) is 0 Å². The summed E-state index contributed by atoms with van der Waals surface area (Å²) < 4.78 is 2.17. The largest absolute Gasteiger partial charge is 0.273 e. The summed E-state index contributed by atoms with van der Waals surface area (Å²) in [5.74, 6) is 2.39. The Hall–Kier alpha value is -2.28. The van der Waals surface area contributed by atoms with E-state index in [1.54, 1.807) is 11.3 Å². The van der Waals surface area contributed by atoms with Gasteiger partial charge in [0.25, 0.3) is 0 Å². The van der Waals surface area contributed by atoms with E-state index in [1.165, 1.54) is 16.0 Å². The van der Waals surface area contributed by atoms with Crippen molar-refractivity contribution in [2.45, 2.75) is 46.1 Å². The van der Waals surface area contributed by atoms with Gasteiger partial charge in [0.05, 0.1) is 5.71 Å². The van der Waals surface area contributed by atoms with Crippen LogP contribution in [-0.2, 0) is 19.3 Å². The summed E-state index contributed by atoms with van der Waals surface area (Å²) >= 11 is 12.0. The van der Waals surface area contributed by atoms with Crippen molar-refractivity contribution >= 4 is 44.6 Å². The average molecular weight is 568 g/mol. The molecule has 1 aliphatic rings. The SMILES string of the molecule is Cc1nnc2n1-c1sc(CCc3ccc(CC(C)CBr)cc3)cc1C(c1ccccc1Cl)=NC2C. The molecule has 0 fully saturated rings. The van der Waals surface area contributed by atoms with Crippen LogP contribution in [0, 0.1) is 12.8 Å². The third kappa shape index (κ3) is 5.02. The van der Waals surface area contributed by atoms with Crippen molar-refractivity contribution in [3.8, 4) is 5.00 Å². The van der Waals surface area contributed by atoms with Gasteiger partial charge in [-0.2, -0.15) is 0 Å². The highest BCUT2D eigenvalue weighted by molar-refractivity contribution is 9.09. The van der Waals surface area contributed by atoms with Crippen LogP contribution in [0.1, 0.15) is 58.7 Å². The molecule has 2 aromatic carbocycles. The second-order valence-corrected chi connectivity index (χ2v) is 11.5. The van der Waals surface area contributed by atoms with Gasteiger partial charge in [0.2, 0.25) is 0 Å². The summed E-state index contributed by atoms with van der Waals surface area (Å²) in [6.45, 7) is 6.34. The Morgan fingerprint density at radius 2 is 1.77 bits per heavy atom. The van der Waals surface area contributed by atoms with E-state index in [0.717, 1.165) is 58.1 Å². The first kappa shape index (κ1) is 24.4. The number of hydrogen-bond donors (Lipinski definition) is 0. The van der Waals surface area contributed by atoms with Gasteiger partial charge in [-0.3, -0.25) is 9.56 Å². The highest BCUT2D eigenvalue weighted by Crippen LogP contribution is 2.37. The molecule has 35 heavy (non-hydrogen) atoms. The number of nitrogens with zero attached hydrogens (tertiary/aromatic N) is 4. The number of thiophene rings is 1.